The Kier molecular flexibility index (Phi) is 3.48. The highest BCUT2D eigenvalue weighted by atomic mass is 19.1. The van der Waals surface area contributed by atoms with E-state index in [0.717, 1.165) is 6.20 Å². The number of alkyl halides is 1. The van der Waals surface area contributed by atoms with Crippen molar-refractivity contribution in [2.45, 2.75) is 24.6 Å². The molecule has 1 aromatic heterocycles. The molecule has 0 unspecified atom stereocenters. The van der Waals surface area contributed by atoms with E-state index in [1.54, 1.807) is 6.07 Å². The highest BCUT2D eigenvalue weighted by molar-refractivity contribution is 5.22. The van der Waals surface area contributed by atoms with Crippen LogP contribution in [0.15, 0.2) is 15.8 Å². The van der Waals surface area contributed by atoms with Crippen molar-refractivity contribution >= 4 is 0 Å². The lowest BCUT2D eigenvalue weighted by atomic mass is 10.1. The van der Waals surface area contributed by atoms with Gasteiger partial charge >= 0.3 is 5.69 Å². The van der Waals surface area contributed by atoms with Crippen LogP contribution in [0.4, 0.5) is 4.39 Å². The fourth-order valence-electron chi connectivity index (χ4n) is 1.83. The summed E-state index contributed by atoms with van der Waals surface area (Å²) in [6.07, 6.45) is -5.40. The molecule has 4 atom stereocenters. The number of aromatic nitrogens is 2. The van der Waals surface area contributed by atoms with Crippen molar-refractivity contribution in [1.82, 2.24) is 9.55 Å². The normalized spacial score (nSPS) is 30.2. The van der Waals surface area contributed by atoms with Crippen molar-refractivity contribution in [3.8, 4) is 6.07 Å². The van der Waals surface area contributed by atoms with Crippen LogP contribution in [-0.4, -0.2) is 44.8 Å². The largest absolute Gasteiger partial charge is 0.394 e. The lowest BCUT2D eigenvalue weighted by molar-refractivity contribution is -0.0492. The van der Waals surface area contributed by atoms with E-state index in [-0.39, 0.29) is 0 Å². The van der Waals surface area contributed by atoms with E-state index in [1.165, 1.54) is 0 Å². The van der Waals surface area contributed by atoms with Crippen LogP contribution in [0.25, 0.3) is 0 Å². The molecule has 0 saturated carbocycles. The Balaban J connectivity index is 2.46. The summed E-state index contributed by atoms with van der Waals surface area (Å²) < 4.78 is 19.5. The van der Waals surface area contributed by atoms with E-state index in [2.05, 4.69) is 0 Å². The second kappa shape index (κ2) is 4.93. The summed E-state index contributed by atoms with van der Waals surface area (Å²) in [4.78, 5) is 24.6. The Morgan fingerprint density at radius 2 is 2.26 bits per heavy atom. The Morgan fingerprint density at radius 3 is 2.79 bits per heavy atom. The van der Waals surface area contributed by atoms with Crippen LogP contribution < -0.4 is 11.2 Å². The molecular weight excluding hydrogens is 261 g/mol. The van der Waals surface area contributed by atoms with Gasteiger partial charge in [-0.1, -0.05) is 0 Å². The quantitative estimate of drug-likeness (QED) is 0.570. The summed E-state index contributed by atoms with van der Waals surface area (Å²) in [5, 5.41) is 27.0. The molecule has 1 saturated heterocycles. The minimum atomic E-state index is -1.97. The van der Waals surface area contributed by atoms with Crippen LogP contribution in [-0.2, 0) is 4.74 Å². The molecule has 1 aliphatic rings. The molecule has 1 aromatic rings. The molecular formula is C10H10FN3O5. The van der Waals surface area contributed by atoms with Gasteiger partial charge in [-0.15, -0.1) is 0 Å². The van der Waals surface area contributed by atoms with Gasteiger partial charge in [-0.05, 0) is 0 Å². The third-order valence-electron chi connectivity index (χ3n) is 2.84. The smallest absolute Gasteiger partial charge is 0.330 e. The molecule has 0 aliphatic carbocycles. The van der Waals surface area contributed by atoms with Crippen LogP contribution >= 0.6 is 0 Å². The van der Waals surface area contributed by atoms with E-state index in [4.69, 9.17) is 15.1 Å². The number of rotatable bonds is 2. The maximum Gasteiger partial charge on any atom is 0.330 e. The van der Waals surface area contributed by atoms with Crippen LogP contribution in [0.3, 0.4) is 0 Å². The molecule has 9 heteroatoms. The van der Waals surface area contributed by atoms with E-state index in [1.807, 2.05) is 4.98 Å². The van der Waals surface area contributed by atoms with Crippen LogP contribution in [0, 0.1) is 11.3 Å². The van der Waals surface area contributed by atoms with Crippen molar-refractivity contribution < 1.29 is 19.3 Å². The fourth-order valence-corrected chi connectivity index (χ4v) is 1.83. The highest BCUT2D eigenvalue weighted by Gasteiger charge is 2.45. The zero-order valence-corrected chi connectivity index (χ0v) is 9.49. The minimum absolute atomic E-state index is 0.391. The van der Waals surface area contributed by atoms with Gasteiger partial charge in [0.2, 0.25) is 0 Å². The van der Waals surface area contributed by atoms with Gasteiger partial charge < -0.3 is 14.9 Å². The molecule has 19 heavy (non-hydrogen) atoms. The fraction of sp³-hybridized carbons (Fsp3) is 0.500. The number of nitriles is 1. The topological polar surface area (TPSA) is 128 Å². The highest BCUT2D eigenvalue weighted by Crippen LogP contribution is 2.30. The number of hydrogen-bond acceptors (Lipinski definition) is 6. The first-order chi connectivity index (χ1) is 8.99. The standard InChI is InChI=1S/C10H10FN3O5/c11-6-7(16)5(3-15)19-9(6)14-2-4(1-12)8(17)13-10(14)18/h2,5-7,9,15-16H,3H2,(H,13,17,18)/t5-,6-,7-,9-/m1/s1. The van der Waals surface area contributed by atoms with Gasteiger partial charge in [-0.25, -0.2) is 9.18 Å². The van der Waals surface area contributed by atoms with Gasteiger partial charge in [-0.3, -0.25) is 14.3 Å². The van der Waals surface area contributed by atoms with Crippen LogP contribution in [0.2, 0.25) is 0 Å². The van der Waals surface area contributed by atoms with Crippen molar-refractivity contribution in [3.63, 3.8) is 0 Å². The number of hydrogen-bond donors (Lipinski definition) is 3. The summed E-state index contributed by atoms with van der Waals surface area (Å²) >= 11 is 0. The lowest BCUT2D eigenvalue weighted by Gasteiger charge is -2.15. The summed E-state index contributed by atoms with van der Waals surface area (Å²) in [6.45, 7) is -0.624. The van der Waals surface area contributed by atoms with E-state index >= 15 is 0 Å². The molecule has 3 N–H and O–H groups in total. The summed E-state index contributed by atoms with van der Waals surface area (Å²) in [7, 11) is 0. The molecule has 0 spiro atoms. The first kappa shape index (κ1) is 13.4. The third-order valence-corrected chi connectivity index (χ3v) is 2.84. The number of nitrogens with zero attached hydrogens (tertiary/aromatic N) is 2. The van der Waals surface area contributed by atoms with Gasteiger partial charge in [0.25, 0.3) is 5.56 Å². The van der Waals surface area contributed by atoms with Gasteiger partial charge in [0, 0.05) is 6.20 Å². The first-order valence-corrected chi connectivity index (χ1v) is 5.33. The molecule has 1 aliphatic heterocycles. The van der Waals surface area contributed by atoms with Crippen molar-refractivity contribution in [2.75, 3.05) is 6.61 Å². The number of nitrogens with one attached hydrogen (secondary N) is 1. The predicted octanol–water partition coefficient (Wildman–Crippen LogP) is -2.00. The summed E-state index contributed by atoms with van der Waals surface area (Å²) in [5.74, 6) is 0. The molecule has 8 nitrogen and oxygen atoms in total. The van der Waals surface area contributed by atoms with Crippen molar-refractivity contribution in [1.29, 1.82) is 5.26 Å². The number of H-pyrrole nitrogens is 1. The molecule has 0 amide bonds. The number of halogens is 1. The second-order valence-electron chi connectivity index (χ2n) is 4.00. The minimum Gasteiger partial charge on any atom is -0.394 e. The number of aliphatic hydroxyl groups is 2. The van der Waals surface area contributed by atoms with E-state index in [9.17, 15) is 19.1 Å². The average molecular weight is 271 g/mol. The van der Waals surface area contributed by atoms with Gasteiger partial charge in [0.15, 0.2) is 12.4 Å². The SMILES string of the molecule is N#Cc1cn([C@@H]2O[C@H](CO)[C@@H](O)[C@H]2F)c(=O)[nH]c1=O. The summed E-state index contributed by atoms with van der Waals surface area (Å²) in [6, 6.07) is 1.54. The monoisotopic (exact) mass is 271 g/mol. The molecule has 2 heterocycles. The Hall–Kier alpha value is -2.02. The number of aliphatic hydroxyl groups excluding tert-OH is 2. The molecule has 1 fully saturated rings. The molecule has 0 aromatic carbocycles. The van der Waals surface area contributed by atoms with Crippen molar-refractivity contribution in [3.05, 3.63) is 32.6 Å². The van der Waals surface area contributed by atoms with Crippen LogP contribution in [0.1, 0.15) is 11.8 Å². The lowest BCUT2D eigenvalue weighted by Crippen LogP contribution is -2.37. The maximum absolute atomic E-state index is 13.8. The molecule has 0 radical (unpaired) electrons. The Morgan fingerprint density at radius 1 is 1.58 bits per heavy atom. The number of aromatic amines is 1. The number of ether oxygens (including phenoxy) is 1. The Labute approximate surface area is 105 Å². The zero-order valence-electron chi connectivity index (χ0n) is 9.49. The third kappa shape index (κ3) is 2.17. The van der Waals surface area contributed by atoms with Gasteiger partial charge in [0.1, 0.15) is 23.8 Å². The first-order valence-electron chi connectivity index (χ1n) is 5.33. The molecule has 102 valence electrons. The van der Waals surface area contributed by atoms with Gasteiger partial charge in [-0.2, -0.15) is 5.26 Å². The average Bonchev–Trinajstić information content (AvgIpc) is 2.67. The van der Waals surface area contributed by atoms with Crippen molar-refractivity contribution in [2.24, 2.45) is 0 Å². The molecule has 2 rings (SSSR count). The summed E-state index contributed by atoms with van der Waals surface area (Å²) in [5.41, 5.74) is -2.25. The van der Waals surface area contributed by atoms with E-state index in [0.29, 0.717) is 4.57 Å². The van der Waals surface area contributed by atoms with Gasteiger partial charge in [0.05, 0.1) is 6.61 Å². The van der Waals surface area contributed by atoms with E-state index < -0.39 is 48.0 Å². The molecule has 0 bridgehead atoms. The Bertz CT molecular complexity index is 633. The van der Waals surface area contributed by atoms with Crippen LogP contribution in [0.5, 0.6) is 0 Å². The zero-order chi connectivity index (χ0) is 14.2. The maximum atomic E-state index is 13.8. The predicted molar refractivity (Wildman–Crippen MR) is 57.9 cm³/mol. The second-order valence-corrected chi connectivity index (χ2v) is 4.00.